The summed E-state index contributed by atoms with van der Waals surface area (Å²) in [6, 6.07) is 54.9. The van der Waals surface area contributed by atoms with E-state index in [2.05, 4.69) is 106 Å². The van der Waals surface area contributed by atoms with Crippen molar-refractivity contribution in [1.29, 1.82) is 0 Å². The molecule has 0 spiro atoms. The minimum absolute atomic E-state index is 0.525. The van der Waals surface area contributed by atoms with Crippen molar-refractivity contribution < 1.29 is 0 Å². The molecule has 5 aromatic heterocycles. The maximum Gasteiger partial charge on any atom is 0.182 e. The molecule has 0 aliphatic heterocycles. The monoisotopic (exact) mass is 638 g/mol. The van der Waals surface area contributed by atoms with Gasteiger partial charge in [0, 0.05) is 38.1 Å². The van der Waals surface area contributed by atoms with Crippen LogP contribution in [0.15, 0.2) is 158 Å². The summed E-state index contributed by atoms with van der Waals surface area (Å²) in [7, 11) is 0. The molecule has 0 aliphatic carbocycles. The van der Waals surface area contributed by atoms with Gasteiger partial charge >= 0.3 is 0 Å². The Morgan fingerprint density at radius 1 is 0.300 bits per heavy atom. The number of para-hydroxylation sites is 3. The summed E-state index contributed by atoms with van der Waals surface area (Å²) in [6.45, 7) is 0. The van der Waals surface area contributed by atoms with Gasteiger partial charge in [0.2, 0.25) is 0 Å². The summed E-state index contributed by atoms with van der Waals surface area (Å²) < 4.78 is 4.83. The van der Waals surface area contributed by atoms with Crippen LogP contribution in [0.25, 0.3) is 99.8 Å². The Balaban J connectivity index is 1.33. The average Bonchev–Trinajstić information content (AvgIpc) is 3.70. The number of hydrogen-bond acceptors (Lipinski definition) is 4. The number of benzene rings is 6. The SMILES string of the molecule is c1ccc(-c2nc(-c3ccccc3)nc(-c3ccc4c(n3)c3ccccc3n3c5ccccc5c5ccc6c7ccccc7n4c6c53)n2)cc1. The van der Waals surface area contributed by atoms with Crippen LogP contribution in [0.1, 0.15) is 0 Å². The molecule has 50 heavy (non-hydrogen) atoms. The highest BCUT2D eigenvalue weighted by Crippen LogP contribution is 2.41. The summed E-state index contributed by atoms with van der Waals surface area (Å²) in [5, 5.41) is 5.91. The highest BCUT2D eigenvalue weighted by Gasteiger charge is 2.21. The molecule has 0 N–H and O–H groups in total. The summed E-state index contributed by atoms with van der Waals surface area (Å²) in [4.78, 5) is 20.5. The van der Waals surface area contributed by atoms with Crippen LogP contribution in [0.5, 0.6) is 0 Å². The number of fused-ring (bicyclic) bond motifs is 11. The zero-order chi connectivity index (χ0) is 32.8. The van der Waals surface area contributed by atoms with E-state index in [-0.39, 0.29) is 0 Å². The first-order valence-electron chi connectivity index (χ1n) is 16.8. The van der Waals surface area contributed by atoms with Crippen LogP contribution >= 0.6 is 0 Å². The van der Waals surface area contributed by atoms with Crippen LogP contribution in [0, 0.1) is 0 Å². The van der Waals surface area contributed by atoms with Crippen LogP contribution in [-0.4, -0.2) is 28.7 Å². The van der Waals surface area contributed by atoms with Gasteiger partial charge in [0.25, 0.3) is 0 Å². The Kier molecular flexibility index (Phi) is 5.57. The van der Waals surface area contributed by atoms with Gasteiger partial charge in [0.05, 0.1) is 38.6 Å². The van der Waals surface area contributed by atoms with Gasteiger partial charge in [-0.05, 0) is 30.3 Å². The largest absolute Gasteiger partial charge is 0.306 e. The second-order valence-corrected chi connectivity index (χ2v) is 12.7. The van der Waals surface area contributed by atoms with E-state index in [1.807, 2.05) is 60.7 Å². The Labute approximate surface area is 285 Å². The molecule has 0 saturated carbocycles. The second-order valence-electron chi connectivity index (χ2n) is 12.7. The number of aromatic nitrogens is 6. The molecular weight excluding hydrogens is 613 g/mol. The normalized spacial score (nSPS) is 12.0. The van der Waals surface area contributed by atoms with Crippen molar-refractivity contribution in [2.24, 2.45) is 0 Å². The first-order chi connectivity index (χ1) is 24.8. The third kappa shape index (κ3) is 3.78. The molecule has 232 valence electrons. The molecule has 0 aliphatic rings. The maximum absolute atomic E-state index is 5.48. The van der Waals surface area contributed by atoms with E-state index >= 15 is 0 Å². The van der Waals surface area contributed by atoms with E-state index in [9.17, 15) is 0 Å². The molecule has 0 atom stereocenters. The highest BCUT2D eigenvalue weighted by molar-refractivity contribution is 6.25. The lowest BCUT2D eigenvalue weighted by atomic mass is 10.1. The fourth-order valence-electron chi connectivity index (χ4n) is 7.75. The lowest BCUT2D eigenvalue weighted by molar-refractivity contribution is 1.06. The minimum atomic E-state index is 0.525. The van der Waals surface area contributed by atoms with Crippen molar-refractivity contribution in [2.75, 3.05) is 0 Å². The standard InChI is InChI=1S/C44H26N6/c1-3-13-27(14-4-1)42-46-43(28-15-5-2-6-16-28)48-44(47-42)34-25-26-38-39(45-34)33-19-9-12-22-37(33)49-35-20-10-7-17-29(35)31-23-24-32-30-18-8-11-21-36(30)50(38)41(32)40(31)49/h1-26H. The summed E-state index contributed by atoms with van der Waals surface area (Å²) in [5.74, 6) is 1.74. The predicted molar refractivity (Wildman–Crippen MR) is 203 cm³/mol. The van der Waals surface area contributed by atoms with Gasteiger partial charge in [-0.25, -0.2) is 19.9 Å². The molecule has 0 amide bonds. The fourth-order valence-corrected chi connectivity index (χ4v) is 7.75. The van der Waals surface area contributed by atoms with E-state index in [4.69, 9.17) is 19.9 Å². The van der Waals surface area contributed by atoms with Crippen LogP contribution in [0.3, 0.4) is 0 Å². The fraction of sp³-hybridized carbons (Fsp3) is 0. The number of hydrogen-bond donors (Lipinski definition) is 0. The Morgan fingerprint density at radius 2 is 0.740 bits per heavy atom. The van der Waals surface area contributed by atoms with Crippen molar-refractivity contribution in [1.82, 2.24) is 28.7 Å². The Bertz CT molecular complexity index is 3080. The molecule has 6 heteroatoms. The smallest absolute Gasteiger partial charge is 0.182 e. The van der Waals surface area contributed by atoms with Gasteiger partial charge in [-0.15, -0.1) is 0 Å². The van der Waals surface area contributed by atoms with Crippen molar-refractivity contribution in [3.05, 3.63) is 158 Å². The van der Waals surface area contributed by atoms with E-state index in [1.165, 1.54) is 32.6 Å². The van der Waals surface area contributed by atoms with Crippen molar-refractivity contribution in [2.45, 2.75) is 0 Å². The van der Waals surface area contributed by atoms with Gasteiger partial charge in [0.1, 0.15) is 5.69 Å². The highest BCUT2D eigenvalue weighted by atomic mass is 15.1. The topological polar surface area (TPSA) is 60.4 Å². The minimum Gasteiger partial charge on any atom is -0.306 e. The molecular formula is C44H26N6. The van der Waals surface area contributed by atoms with Crippen LogP contribution in [0.2, 0.25) is 0 Å². The molecule has 11 aromatic rings. The van der Waals surface area contributed by atoms with Gasteiger partial charge in [-0.2, -0.15) is 0 Å². The van der Waals surface area contributed by atoms with Gasteiger partial charge in [0.15, 0.2) is 17.5 Å². The third-order valence-corrected chi connectivity index (χ3v) is 9.91. The summed E-state index contributed by atoms with van der Waals surface area (Å²) in [5.41, 5.74) is 10.1. The van der Waals surface area contributed by atoms with E-state index in [0.29, 0.717) is 23.2 Å². The third-order valence-electron chi connectivity index (χ3n) is 9.91. The molecule has 6 aromatic carbocycles. The van der Waals surface area contributed by atoms with Gasteiger partial charge < -0.3 is 8.80 Å². The first kappa shape index (κ1) is 27.1. The molecule has 0 radical (unpaired) electrons. The quantitative estimate of drug-likeness (QED) is 0.193. The van der Waals surface area contributed by atoms with Crippen molar-refractivity contribution in [3.8, 4) is 34.3 Å². The molecule has 0 fully saturated rings. The lowest BCUT2D eigenvalue weighted by Gasteiger charge is -2.12. The molecule has 0 unspecified atom stereocenters. The molecule has 6 nitrogen and oxygen atoms in total. The predicted octanol–water partition coefficient (Wildman–Crippen LogP) is 10.5. The van der Waals surface area contributed by atoms with Gasteiger partial charge in [-0.3, -0.25) is 0 Å². The van der Waals surface area contributed by atoms with Gasteiger partial charge in [-0.1, -0.05) is 127 Å². The van der Waals surface area contributed by atoms with E-state index < -0.39 is 0 Å². The van der Waals surface area contributed by atoms with Crippen LogP contribution in [-0.2, 0) is 0 Å². The number of nitrogens with zero attached hydrogens (tertiary/aromatic N) is 6. The lowest BCUT2D eigenvalue weighted by Crippen LogP contribution is -2.02. The summed E-state index contributed by atoms with van der Waals surface area (Å²) in [6.07, 6.45) is 0. The number of rotatable bonds is 3. The molecule has 0 saturated heterocycles. The van der Waals surface area contributed by atoms with Crippen LogP contribution in [0.4, 0.5) is 0 Å². The molecule has 11 rings (SSSR count). The second kappa shape index (κ2) is 10.3. The number of pyridine rings is 1. The zero-order valence-corrected chi connectivity index (χ0v) is 26.7. The van der Waals surface area contributed by atoms with Crippen LogP contribution < -0.4 is 0 Å². The first-order valence-corrected chi connectivity index (χ1v) is 16.8. The molecule has 5 heterocycles. The van der Waals surface area contributed by atoms with E-state index in [0.717, 1.165) is 44.1 Å². The van der Waals surface area contributed by atoms with Crippen molar-refractivity contribution in [3.63, 3.8) is 0 Å². The maximum atomic E-state index is 5.48. The molecule has 0 bridgehead atoms. The Morgan fingerprint density at radius 3 is 1.30 bits per heavy atom. The average molecular weight is 639 g/mol. The van der Waals surface area contributed by atoms with E-state index in [1.54, 1.807) is 0 Å². The zero-order valence-electron chi connectivity index (χ0n) is 26.7. The van der Waals surface area contributed by atoms with Crippen molar-refractivity contribution >= 4 is 65.5 Å². The summed E-state index contributed by atoms with van der Waals surface area (Å²) >= 11 is 0. The Hall–Kier alpha value is -6.92.